The summed E-state index contributed by atoms with van der Waals surface area (Å²) < 4.78 is 15.1. The van der Waals surface area contributed by atoms with Crippen molar-refractivity contribution in [3.8, 4) is 5.75 Å². The predicted molar refractivity (Wildman–Crippen MR) is 125 cm³/mol. The molecule has 8 nitrogen and oxygen atoms in total. The molecule has 3 aromatic rings. The summed E-state index contributed by atoms with van der Waals surface area (Å²) in [6.07, 6.45) is 4.21. The fourth-order valence-corrected chi connectivity index (χ4v) is 2.88. The van der Waals surface area contributed by atoms with Gasteiger partial charge in [0.05, 0.1) is 19.8 Å². The number of ketones is 2. The summed E-state index contributed by atoms with van der Waals surface area (Å²) in [7, 11) is 1.52. The summed E-state index contributed by atoms with van der Waals surface area (Å²) in [5.74, 6) is -0.421. The zero-order valence-electron chi connectivity index (χ0n) is 18.5. The van der Waals surface area contributed by atoms with Crippen LogP contribution in [-0.4, -0.2) is 37.2 Å². The highest BCUT2D eigenvalue weighted by atomic mass is 16.5. The van der Waals surface area contributed by atoms with Gasteiger partial charge in [-0.15, -0.1) is 0 Å². The molecule has 0 fully saturated rings. The molecule has 0 atom stereocenters. The molecule has 0 saturated carbocycles. The molecule has 2 aromatic carbocycles. The van der Waals surface area contributed by atoms with Crippen LogP contribution >= 0.6 is 0 Å². The number of anilines is 1. The first-order chi connectivity index (χ1) is 16.4. The lowest BCUT2D eigenvalue weighted by molar-refractivity contribution is -0.143. The van der Waals surface area contributed by atoms with Crippen molar-refractivity contribution in [2.75, 3.05) is 19.0 Å². The minimum atomic E-state index is -0.652. The average molecular weight is 461 g/mol. The van der Waals surface area contributed by atoms with Crippen LogP contribution in [0.5, 0.6) is 5.75 Å². The van der Waals surface area contributed by atoms with Gasteiger partial charge in [0.2, 0.25) is 5.91 Å². The van der Waals surface area contributed by atoms with Gasteiger partial charge in [0.15, 0.2) is 18.2 Å². The molecule has 8 heteroatoms. The molecule has 0 bridgehead atoms. The van der Waals surface area contributed by atoms with E-state index in [0.29, 0.717) is 28.3 Å². The van der Waals surface area contributed by atoms with Gasteiger partial charge in [-0.2, -0.15) is 0 Å². The first-order valence-electron chi connectivity index (χ1n) is 10.4. The quantitative estimate of drug-likeness (QED) is 0.257. The third kappa shape index (κ3) is 7.30. The van der Waals surface area contributed by atoms with Crippen molar-refractivity contribution in [3.05, 3.63) is 89.9 Å². The number of allylic oxidation sites excluding steroid dienone is 1. The van der Waals surface area contributed by atoms with E-state index in [1.54, 1.807) is 66.7 Å². The van der Waals surface area contributed by atoms with E-state index in [1.165, 1.54) is 19.4 Å². The summed E-state index contributed by atoms with van der Waals surface area (Å²) in [5.41, 5.74) is 1.33. The number of carbonyl (C=O) groups excluding carboxylic acids is 4. The van der Waals surface area contributed by atoms with Crippen LogP contribution in [0.25, 0.3) is 6.08 Å². The van der Waals surface area contributed by atoms with E-state index < -0.39 is 18.5 Å². The van der Waals surface area contributed by atoms with Crippen molar-refractivity contribution in [2.45, 2.75) is 12.8 Å². The van der Waals surface area contributed by atoms with Crippen LogP contribution in [-0.2, 0) is 14.3 Å². The maximum absolute atomic E-state index is 12.2. The first-order valence-corrected chi connectivity index (χ1v) is 10.4. The number of esters is 1. The Hall–Kier alpha value is -4.46. The number of rotatable bonds is 11. The van der Waals surface area contributed by atoms with E-state index in [1.807, 2.05) is 0 Å². The van der Waals surface area contributed by atoms with Crippen LogP contribution in [0, 0.1) is 0 Å². The van der Waals surface area contributed by atoms with E-state index in [-0.39, 0.29) is 24.4 Å². The van der Waals surface area contributed by atoms with Gasteiger partial charge in [-0.3, -0.25) is 19.2 Å². The molecule has 0 aliphatic carbocycles. The second kappa shape index (κ2) is 12.0. The molecule has 3 rings (SSSR count). The molecule has 0 radical (unpaired) electrons. The second-order valence-electron chi connectivity index (χ2n) is 7.15. The topological polar surface area (TPSA) is 112 Å². The fraction of sp³-hybridized carbons (Fsp3) is 0.154. The zero-order chi connectivity index (χ0) is 24.3. The maximum atomic E-state index is 12.2. The van der Waals surface area contributed by atoms with E-state index >= 15 is 0 Å². The third-order valence-corrected chi connectivity index (χ3v) is 4.73. The normalized spacial score (nSPS) is 10.6. The molecular formula is C26H23NO7. The highest BCUT2D eigenvalue weighted by Gasteiger charge is 2.12. The van der Waals surface area contributed by atoms with Crippen LogP contribution in [0.3, 0.4) is 0 Å². The van der Waals surface area contributed by atoms with E-state index in [4.69, 9.17) is 13.9 Å². The molecule has 1 N–H and O–H groups in total. The van der Waals surface area contributed by atoms with Gasteiger partial charge in [-0.25, -0.2) is 0 Å². The lowest BCUT2D eigenvalue weighted by atomic mass is 10.1. The number of benzene rings is 2. The summed E-state index contributed by atoms with van der Waals surface area (Å²) in [6.45, 7) is -0.406. The van der Waals surface area contributed by atoms with Crippen molar-refractivity contribution in [1.29, 1.82) is 0 Å². The molecule has 174 valence electrons. The van der Waals surface area contributed by atoms with Crippen molar-refractivity contribution < 1.29 is 33.1 Å². The van der Waals surface area contributed by atoms with E-state index in [0.717, 1.165) is 0 Å². The van der Waals surface area contributed by atoms with Gasteiger partial charge >= 0.3 is 5.97 Å². The number of hydrogen-bond acceptors (Lipinski definition) is 7. The highest BCUT2D eigenvalue weighted by molar-refractivity contribution is 6.07. The molecule has 0 spiro atoms. The number of amides is 1. The minimum absolute atomic E-state index is 0.109. The molecule has 1 amide bonds. The lowest BCUT2D eigenvalue weighted by Crippen LogP contribution is -2.17. The molecule has 0 aliphatic heterocycles. The highest BCUT2D eigenvalue weighted by Crippen LogP contribution is 2.14. The van der Waals surface area contributed by atoms with Gasteiger partial charge in [-0.1, -0.05) is 0 Å². The average Bonchev–Trinajstić information content (AvgIpc) is 3.39. The fourth-order valence-electron chi connectivity index (χ4n) is 2.88. The Bertz CT molecular complexity index is 1160. The van der Waals surface area contributed by atoms with Crippen LogP contribution in [0.2, 0.25) is 0 Å². The number of Topliss-reactive ketones (excluding diaryl/α,β-unsaturated/α-hetero) is 1. The Morgan fingerprint density at radius 2 is 1.62 bits per heavy atom. The van der Waals surface area contributed by atoms with Crippen molar-refractivity contribution in [2.24, 2.45) is 0 Å². The molecule has 0 saturated heterocycles. The van der Waals surface area contributed by atoms with Crippen molar-refractivity contribution >= 4 is 35.2 Å². The molecule has 0 unspecified atom stereocenters. The first kappa shape index (κ1) is 24.2. The second-order valence-corrected chi connectivity index (χ2v) is 7.15. The van der Waals surface area contributed by atoms with Crippen molar-refractivity contribution in [1.82, 2.24) is 0 Å². The number of carbonyl (C=O) groups is 4. The number of methoxy groups -OCH3 is 1. The number of nitrogens with one attached hydrogen (secondary N) is 1. The summed E-state index contributed by atoms with van der Waals surface area (Å²) in [5, 5.41) is 2.65. The number of furan rings is 1. The monoisotopic (exact) mass is 461 g/mol. The lowest BCUT2D eigenvalue weighted by Gasteiger charge is -2.07. The number of hydrogen-bond donors (Lipinski definition) is 1. The Kier molecular flexibility index (Phi) is 8.51. The standard InChI is InChI=1S/C26H23NO7/c1-32-21-10-6-19(7-11-21)24(29)17-34-26(31)15-14-25(30)27-20-8-4-18(5-9-20)23(28)13-12-22-3-2-16-33-22/h2-13,16H,14-15,17H2,1H3,(H,27,30). The van der Waals surface area contributed by atoms with E-state index in [9.17, 15) is 19.2 Å². The van der Waals surface area contributed by atoms with Gasteiger partial charge in [0.1, 0.15) is 11.5 Å². The molecule has 1 aromatic heterocycles. The van der Waals surface area contributed by atoms with Crippen LogP contribution in [0.15, 0.2) is 77.4 Å². The SMILES string of the molecule is COc1ccc(C(=O)COC(=O)CCC(=O)Nc2ccc(C(=O)C=Cc3ccco3)cc2)cc1. The zero-order valence-corrected chi connectivity index (χ0v) is 18.5. The molecular weight excluding hydrogens is 438 g/mol. The van der Waals surface area contributed by atoms with E-state index in [2.05, 4.69) is 5.32 Å². The van der Waals surface area contributed by atoms with Crippen LogP contribution in [0.4, 0.5) is 5.69 Å². The van der Waals surface area contributed by atoms with Gasteiger partial charge < -0.3 is 19.2 Å². The smallest absolute Gasteiger partial charge is 0.306 e. The summed E-state index contributed by atoms with van der Waals surface area (Å²) >= 11 is 0. The Balaban J connectivity index is 1.39. The Labute approximate surface area is 196 Å². The Morgan fingerprint density at radius 1 is 0.912 bits per heavy atom. The molecule has 0 aliphatic rings. The van der Waals surface area contributed by atoms with Gasteiger partial charge in [0, 0.05) is 23.2 Å². The van der Waals surface area contributed by atoms with Crippen LogP contribution < -0.4 is 10.1 Å². The summed E-state index contributed by atoms with van der Waals surface area (Å²) in [4.78, 5) is 48.2. The predicted octanol–water partition coefficient (Wildman–Crippen LogP) is 4.33. The number of ether oxygens (including phenoxy) is 2. The van der Waals surface area contributed by atoms with Crippen LogP contribution in [0.1, 0.15) is 39.3 Å². The molecule has 34 heavy (non-hydrogen) atoms. The van der Waals surface area contributed by atoms with Crippen molar-refractivity contribution in [3.63, 3.8) is 0 Å². The van der Waals surface area contributed by atoms with Gasteiger partial charge in [-0.05, 0) is 72.8 Å². The summed E-state index contributed by atoms with van der Waals surface area (Å²) in [6, 6.07) is 16.3. The maximum Gasteiger partial charge on any atom is 0.306 e. The largest absolute Gasteiger partial charge is 0.497 e. The molecule has 1 heterocycles. The Morgan fingerprint density at radius 3 is 2.26 bits per heavy atom. The minimum Gasteiger partial charge on any atom is -0.497 e. The third-order valence-electron chi connectivity index (χ3n) is 4.73. The van der Waals surface area contributed by atoms with Gasteiger partial charge in [0.25, 0.3) is 0 Å².